The van der Waals surface area contributed by atoms with Gasteiger partial charge in [0.15, 0.2) is 5.16 Å². The van der Waals surface area contributed by atoms with Crippen molar-refractivity contribution in [1.82, 2.24) is 29.7 Å². The molecule has 0 aliphatic rings. The highest BCUT2D eigenvalue weighted by molar-refractivity contribution is 7.98. The fourth-order valence-corrected chi connectivity index (χ4v) is 2.86. The molecule has 0 atom stereocenters. The molecule has 0 spiro atoms. The van der Waals surface area contributed by atoms with E-state index in [-0.39, 0.29) is 5.95 Å². The Hall–Kier alpha value is -2.88. The second kappa shape index (κ2) is 7.34. The van der Waals surface area contributed by atoms with Crippen LogP contribution < -0.4 is 15.4 Å². The molecule has 3 aromatic rings. The summed E-state index contributed by atoms with van der Waals surface area (Å²) in [6.07, 6.45) is 1.66. The number of nitrogen functional groups attached to an aromatic ring is 1. The predicted octanol–water partition coefficient (Wildman–Crippen LogP) is 1.40. The molecule has 130 valence electrons. The van der Waals surface area contributed by atoms with E-state index in [1.165, 1.54) is 11.8 Å². The fourth-order valence-electron chi connectivity index (χ4n) is 2.08. The smallest absolute Gasteiger partial charge is 0.229 e. The molecule has 2 N–H and O–H groups in total. The predicted molar refractivity (Wildman–Crippen MR) is 96.0 cm³/mol. The van der Waals surface area contributed by atoms with Crippen molar-refractivity contribution in [3.8, 4) is 11.4 Å². The van der Waals surface area contributed by atoms with E-state index in [0.29, 0.717) is 17.5 Å². The van der Waals surface area contributed by atoms with E-state index in [1.54, 1.807) is 18.3 Å². The molecule has 9 nitrogen and oxygen atoms in total. The van der Waals surface area contributed by atoms with Gasteiger partial charge in [-0.15, -0.1) is 10.2 Å². The Labute approximate surface area is 149 Å². The molecule has 2 aromatic heterocycles. The molecule has 2 heterocycles. The number of aromatic nitrogens is 6. The van der Waals surface area contributed by atoms with Crippen molar-refractivity contribution in [3.63, 3.8) is 0 Å². The van der Waals surface area contributed by atoms with Crippen LogP contribution in [0.2, 0.25) is 0 Å². The lowest BCUT2D eigenvalue weighted by Gasteiger charge is -2.11. The van der Waals surface area contributed by atoms with E-state index in [1.807, 2.05) is 42.9 Å². The Bertz CT molecular complexity index is 866. The highest BCUT2D eigenvalue weighted by Crippen LogP contribution is 2.24. The maximum atomic E-state index is 5.75. The molecule has 0 fully saturated rings. The highest BCUT2D eigenvalue weighted by Gasteiger charge is 2.11. The number of hydrogen-bond donors (Lipinski definition) is 1. The number of benzene rings is 1. The minimum atomic E-state index is 0.198. The molecule has 0 aliphatic heterocycles. The Kier molecular flexibility index (Phi) is 4.98. The molecular weight excluding hydrogens is 340 g/mol. The summed E-state index contributed by atoms with van der Waals surface area (Å²) in [6, 6.07) is 7.68. The van der Waals surface area contributed by atoms with Gasteiger partial charge in [0.05, 0.1) is 18.6 Å². The highest BCUT2D eigenvalue weighted by atomic mass is 32.2. The van der Waals surface area contributed by atoms with E-state index in [4.69, 9.17) is 10.5 Å². The van der Waals surface area contributed by atoms with Crippen molar-refractivity contribution >= 4 is 23.7 Å². The van der Waals surface area contributed by atoms with Crippen LogP contribution in [-0.2, 0) is 5.75 Å². The lowest BCUT2D eigenvalue weighted by molar-refractivity contribution is 0.414. The first-order valence-electron chi connectivity index (χ1n) is 7.42. The van der Waals surface area contributed by atoms with E-state index in [2.05, 4.69) is 25.1 Å². The van der Waals surface area contributed by atoms with Gasteiger partial charge in [0.1, 0.15) is 17.9 Å². The van der Waals surface area contributed by atoms with Crippen LogP contribution in [0.25, 0.3) is 5.69 Å². The lowest BCUT2D eigenvalue weighted by Crippen LogP contribution is -2.16. The van der Waals surface area contributed by atoms with Crippen LogP contribution in [0.1, 0.15) is 5.82 Å². The van der Waals surface area contributed by atoms with Gasteiger partial charge >= 0.3 is 0 Å². The summed E-state index contributed by atoms with van der Waals surface area (Å²) >= 11 is 1.47. The van der Waals surface area contributed by atoms with Crippen LogP contribution in [0.4, 0.5) is 11.9 Å². The second-order valence-electron chi connectivity index (χ2n) is 5.28. The van der Waals surface area contributed by atoms with Gasteiger partial charge in [0, 0.05) is 20.2 Å². The largest absolute Gasteiger partial charge is 0.497 e. The van der Waals surface area contributed by atoms with Crippen LogP contribution >= 0.6 is 11.8 Å². The van der Waals surface area contributed by atoms with Crippen molar-refractivity contribution < 1.29 is 4.74 Å². The van der Waals surface area contributed by atoms with E-state index < -0.39 is 0 Å². The maximum absolute atomic E-state index is 5.75. The first-order chi connectivity index (χ1) is 12.1. The molecule has 0 saturated heterocycles. The van der Waals surface area contributed by atoms with Crippen molar-refractivity contribution in [3.05, 3.63) is 36.4 Å². The molecule has 0 amide bonds. The number of nitrogens with two attached hydrogens (primary N) is 1. The Balaban J connectivity index is 1.80. The van der Waals surface area contributed by atoms with Crippen LogP contribution in [-0.4, -0.2) is 50.9 Å². The van der Waals surface area contributed by atoms with E-state index >= 15 is 0 Å². The third-order valence-electron chi connectivity index (χ3n) is 3.27. The van der Waals surface area contributed by atoms with Gasteiger partial charge in [-0.05, 0) is 12.1 Å². The van der Waals surface area contributed by atoms with Crippen LogP contribution in [0.5, 0.6) is 5.75 Å². The van der Waals surface area contributed by atoms with Crippen LogP contribution in [0.3, 0.4) is 0 Å². The number of hydrogen-bond acceptors (Lipinski definition) is 9. The van der Waals surface area contributed by atoms with Gasteiger partial charge in [0.25, 0.3) is 0 Å². The summed E-state index contributed by atoms with van der Waals surface area (Å²) in [5, 5.41) is 8.88. The van der Waals surface area contributed by atoms with Crippen LogP contribution in [0.15, 0.2) is 35.7 Å². The summed E-state index contributed by atoms with van der Waals surface area (Å²) in [5.74, 6) is 2.57. The standard InChI is InChI=1S/C15H18N8OS/c1-22(2)14-19-12(18-13(16)20-14)8-25-15-21-17-9-23(15)10-5-4-6-11(7-10)24-3/h4-7,9H,8H2,1-3H3,(H2,16,18,19,20). The average molecular weight is 358 g/mol. The SMILES string of the molecule is COc1cccc(-n2cnnc2SCc2nc(N)nc(N(C)C)n2)c1. The first kappa shape index (κ1) is 17.0. The molecule has 0 aliphatic carbocycles. The van der Waals surface area contributed by atoms with Gasteiger partial charge < -0.3 is 15.4 Å². The van der Waals surface area contributed by atoms with Crippen molar-refractivity contribution in [2.45, 2.75) is 10.9 Å². The van der Waals surface area contributed by atoms with Crippen molar-refractivity contribution in [2.24, 2.45) is 0 Å². The zero-order chi connectivity index (χ0) is 17.8. The molecular formula is C15H18N8OS. The first-order valence-corrected chi connectivity index (χ1v) is 8.40. The van der Waals surface area contributed by atoms with E-state index in [9.17, 15) is 0 Å². The lowest BCUT2D eigenvalue weighted by atomic mass is 10.3. The summed E-state index contributed by atoms with van der Waals surface area (Å²) < 4.78 is 7.14. The van der Waals surface area contributed by atoms with E-state index in [0.717, 1.165) is 16.6 Å². The molecule has 0 radical (unpaired) electrons. The Morgan fingerprint density at radius 1 is 1.24 bits per heavy atom. The summed E-state index contributed by atoms with van der Waals surface area (Å²) in [5.41, 5.74) is 6.67. The van der Waals surface area contributed by atoms with Gasteiger partial charge in [-0.3, -0.25) is 4.57 Å². The minimum absolute atomic E-state index is 0.198. The number of methoxy groups -OCH3 is 1. The monoisotopic (exact) mass is 358 g/mol. The number of nitrogens with zero attached hydrogens (tertiary/aromatic N) is 7. The number of ether oxygens (including phenoxy) is 1. The molecule has 1 aromatic carbocycles. The van der Waals surface area contributed by atoms with Gasteiger partial charge in [-0.2, -0.15) is 15.0 Å². The summed E-state index contributed by atoms with van der Waals surface area (Å²) in [7, 11) is 5.34. The average Bonchev–Trinajstić information content (AvgIpc) is 3.08. The van der Waals surface area contributed by atoms with Crippen molar-refractivity contribution in [2.75, 3.05) is 31.8 Å². The second-order valence-corrected chi connectivity index (χ2v) is 6.22. The normalized spacial score (nSPS) is 10.7. The fraction of sp³-hybridized carbons (Fsp3) is 0.267. The maximum Gasteiger partial charge on any atom is 0.229 e. The molecule has 10 heteroatoms. The van der Waals surface area contributed by atoms with Gasteiger partial charge in [-0.1, -0.05) is 17.8 Å². The zero-order valence-electron chi connectivity index (χ0n) is 14.1. The van der Waals surface area contributed by atoms with Gasteiger partial charge in [0.2, 0.25) is 11.9 Å². The summed E-state index contributed by atoms with van der Waals surface area (Å²) in [6.45, 7) is 0. The molecule has 25 heavy (non-hydrogen) atoms. The Morgan fingerprint density at radius 2 is 2.08 bits per heavy atom. The number of rotatable bonds is 6. The van der Waals surface area contributed by atoms with Crippen LogP contribution in [0, 0.1) is 0 Å². The summed E-state index contributed by atoms with van der Waals surface area (Å²) in [4.78, 5) is 14.4. The molecule has 3 rings (SSSR count). The Morgan fingerprint density at radius 3 is 2.84 bits per heavy atom. The van der Waals surface area contributed by atoms with Gasteiger partial charge in [-0.25, -0.2) is 0 Å². The van der Waals surface area contributed by atoms with Crippen molar-refractivity contribution in [1.29, 1.82) is 0 Å². The molecule has 0 unspecified atom stereocenters. The third-order valence-corrected chi connectivity index (χ3v) is 4.20. The quantitative estimate of drug-likeness (QED) is 0.654. The molecule has 0 saturated carbocycles. The zero-order valence-corrected chi connectivity index (χ0v) is 14.9. The topological polar surface area (TPSA) is 108 Å². The number of thioether (sulfide) groups is 1. The molecule has 0 bridgehead atoms. The third kappa shape index (κ3) is 3.97. The minimum Gasteiger partial charge on any atom is -0.497 e. The number of anilines is 2.